The Morgan fingerprint density at radius 1 is 1.35 bits per heavy atom. The molecule has 0 radical (unpaired) electrons. The third-order valence-electron chi connectivity index (χ3n) is 3.42. The summed E-state index contributed by atoms with van der Waals surface area (Å²) in [5.74, 6) is -0.214. The number of carbonyl (C=O) groups is 2. The molecule has 5 heteroatoms. The zero-order valence-electron chi connectivity index (χ0n) is 11.9. The summed E-state index contributed by atoms with van der Waals surface area (Å²) in [7, 11) is 1.66. The predicted molar refractivity (Wildman–Crippen MR) is 74.8 cm³/mol. The van der Waals surface area contributed by atoms with Gasteiger partial charge in [0, 0.05) is 20.2 Å². The Bertz CT molecular complexity index is 502. The number of ether oxygens (including phenoxy) is 1. The van der Waals surface area contributed by atoms with Gasteiger partial charge in [-0.05, 0) is 18.1 Å². The van der Waals surface area contributed by atoms with Crippen molar-refractivity contribution in [2.24, 2.45) is 0 Å². The summed E-state index contributed by atoms with van der Waals surface area (Å²) >= 11 is 0. The summed E-state index contributed by atoms with van der Waals surface area (Å²) in [4.78, 5) is 24.9. The van der Waals surface area contributed by atoms with E-state index in [4.69, 9.17) is 4.74 Å². The molecule has 1 fully saturated rings. The Morgan fingerprint density at radius 2 is 2.10 bits per heavy atom. The van der Waals surface area contributed by atoms with Crippen molar-refractivity contribution in [1.82, 2.24) is 10.2 Å². The molecule has 1 atom stereocenters. The molecule has 2 amide bonds. The molecule has 108 valence electrons. The summed E-state index contributed by atoms with van der Waals surface area (Å²) in [5, 5.41) is 3.16. The van der Waals surface area contributed by atoms with Crippen LogP contribution >= 0.6 is 0 Å². The maximum Gasteiger partial charge on any atom is 0.246 e. The molecule has 0 spiro atoms. The van der Waals surface area contributed by atoms with E-state index in [9.17, 15) is 9.59 Å². The first-order valence-corrected chi connectivity index (χ1v) is 6.80. The number of benzene rings is 1. The lowest BCUT2D eigenvalue weighted by Gasteiger charge is -2.13. The second-order valence-electron chi connectivity index (χ2n) is 4.87. The highest BCUT2D eigenvalue weighted by atomic mass is 16.5. The van der Waals surface area contributed by atoms with Crippen LogP contribution in [0, 0.1) is 0 Å². The van der Waals surface area contributed by atoms with Crippen LogP contribution in [0.2, 0.25) is 0 Å². The van der Waals surface area contributed by atoms with Crippen LogP contribution in [0.4, 0.5) is 0 Å². The Kier molecular flexibility index (Phi) is 4.87. The number of methoxy groups -OCH3 is 1. The highest BCUT2D eigenvalue weighted by Gasteiger charge is 2.36. The SMILES string of the molecule is CCN1C(=O)CC(NCc2cccc(COC)c2)C1=O. The van der Waals surface area contributed by atoms with Crippen molar-refractivity contribution in [3.05, 3.63) is 35.4 Å². The van der Waals surface area contributed by atoms with Crippen molar-refractivity contribution < 1.29 is 14.3 Å². The first-order chi connectivity index (χ1) is 9.65. The van der Waals surface area contributed by atoms with E-state index in [1.807, 2.05) is 31.2 Å². The molecule has 20 heavy (non-hydrogen) atoms. The molecular formula is C15H20N2O3. The minimum atomic E-state index is -0.395. The summed E-state index contributed by atoms with van der Waals surface area (Å²) in [5.41, 5.74) is 2.17. The van der Waals surface area contributed by atoms with E-state index in [0.29, 0.717) is 19.7 Å². The van der Waals surface area contributed by atoms with Crippen LogP contribution in [-0.4, -0.2) is 36.4 Å². The van der Waals surface area contributed by atoms with E-state index in [-0.39, 0.29) is 18.2 Å². The molecule has 1 aliphatic rings. The quantitative estimate of drug-likeness (QED) is 0.790. The van der Waals surface area contributed by atoms with Crippen LogP contribution < -0.4 is 5.32 Å². The number of likely N-dealkylation sites (tertiary alicyclic amines) is 1. The number of carbonyl (C=O) groups excluding carboxylic acids is 2. The number of imide groups is 1. The van der Waals surface area contributed by atoms with E-state index in [1.54, 1.807) is 7.11 Å². The van der Waals surface area contributed by atoms with E-state index in [0.717, 1.165) is 11.1 Å². The van der Waals surface area contributed by atoms with Gasteiger partial charge in [-0.1, -0.05) is 24.3 Å². The molecule has 1 N–H and O–H groups in total. The molecule has 1 heterocycles. The van der Waals surface area contributed by atoms with Crippen LogP contribution in [0.5, 0.6) is 0 Å². The zero-order chi connectivity index (χ0) is 14.5. The summed E-state index contributed by atoms with van der Waals surface area (Å²) < 4.78 is 5.09. The minimum absolute atomic E-state index is 0.0943. The average molecular weight is 276 g/mol. The van der Waals surface area contributed by atoms with Gasteiger partial charge in [0.25, 0.3) is 0 Å². The second-order valence-corrected chi connectivity index (χ2v) is 4.87. The molecule has 1 aromatic carbocycles. The van der Waals surface area contributed by atoms with Crippen molar-refractivity contribution >= 4 is 11.8 Å². The fraction of sp³-hybridized carbons (Fsp3) is 0.467. The van der Waals surface area contributed by atoms with E-state index >= 15 is 0 Å². The smallest absolute Gasteiger partial charge is 0.246 e. The number of amides is 2. The van der Waals surface area contributed by atoms with Crippen molar-refractivity contribution in [1.29, 1.82) is 0 Å². The van der Waals surface area contributed by atoms with Gasteiger partial charge in [0.15, 0.2) is 0 Å². The van der Waals surface area contributed by atoms with Crippen LogP contribution in [0.25, 0.3) is 0 Å². The highest BCUT2D eigenvalue weighted by molar-refractivity contribution is 6.05. The van der Waals surface area contributed by atoms with E-state index in [1.165, 1.54) is 4.90 Å². The van der Waals surface area contributed by atoms with Gasteiger partial charge in [0.1, 0.15) is 0 Å². The lowest BCUT2D eigenvalue weighted by Crippen LogP contribution is -2.38. The minimum Gasteiger partial charge on any atom is -0.380 e. The third kappa shape index (κ3) is 3.23. The Hall–Kier alpha value is -1.72. The maximum atomic E-state index is 12.0. The summed E-state index contributed by atoms with van der Waals surface area (Å²) in [6.07, 6.45) is 0.254. The van der Waals surface area contributed by atoms with E-state index < -0.39 is 6.04 Å². The normalized spacial score (nSPS) is 18.9. The Labute approximate surface area is 118 Å². The standard InChI is InChI=1S/C15H20N2O3/c1-3-17-14(18)8-13(15(17)19)16-9-11-5-4-6-12(7-11)10-20-2/h4-7,13,16H,3,8-10H2,1-2H3. The number of nitrogens with zero attached hydrogens (tertiary/aromatic N) is 1. The number of hydrogen-bond donors (Lipinski definition) is 1. The largest absolute Gasteiger partial charge is 0.380 e. The van der Waals surface area contributed by atoms with Crippen molar-refractivity contribution in [3.8, 4) is 0 Å². The first kappa shape index (κ1) is 14.7. The number of nitrogens with one attached hydrogen (secondary N) is 1. The molecule has 0 aromatic heterocycles. The highest BCUT2D eigenvalue weighted by Crippen LogP contribution is 2.14. The van der Waals surface area contributed by atoms with Crippen LogP contribution in [0.3, 0.4) is 0 Å². The molecule has 1 unspecified atom stereocenters. The van der Waals surface area contributed by atoms with Crippen LogP contribution in [0.1, 0.15) is 24.5 Å². The third-order valence-corrected chi connectivity index (χ3v) is 3.42. The molecule has 0 aliphatic carbocycles. The number of hydrogen-bond acceptors (Lipinski definition) is 4. The van der Waals surface area contributed by atoms with Crippen molar-refractivity contribution in [2.75, 3.05) is 13.7 Å². The summed E-state index contributed by atoms with van der Waals surface area (Å²) in [6.45, 7) is 3.39. The average Bonchev–Trinajstić information content (AvgIpc) is 2.71. The van der Waals surface area contributed by atoms with Gasteiger partial charge >= 0.3 is 0 Å². The molecule has 1 aliphatic heterocycles. The van der Waals surface area contributed by atoms with Gasteiger partial charge in [-0.25, -0.2) is 0 Å². The molecule has 0 bridgehead atoms. The van der Waals surface area contributed by atoms with Crippen LogP contribution in [0.15, 0.2) is 24.3 Å². The molecule has 1 saturated heterocycles. The number of rotatable bonds is 6. The lowest BCUT2D eigenvalue weighted by atomic mass is 10.1. The molecular weight excluding hydrogens is 256 g/mol. The number of likely N-dealkylation sites (N-methyl/N-ethyl adjacent to an activating group) is 1. The lowest BCUT2D eigenvalue weighted by molar-refractivity contribution is -0.138. The zero-order valence-corrected chi connectivity index (χ0v) is 11.9. The van der Waals surface area contributed by atoms with E-state index in [2.05, 4.69) is 5.32 Å². The molecule has 5 nitrogen and oxygen atoms in total. The molecule has 0 saturated carbocycles. The summed E-state index contributed by atoms with van der Waals surface area (Å²) in [6, 6.07) is 7.59. The van der Waals surface area contributed by atoms with Gasteiger partial charge in [-0.15, -0.1) is 0 Å². The van der Waals surface area contributed by atoms with Gasteiger partial charge in [-0.2, -0.15) is 0 Å². The maximum absolute atomic E-state index is 12.0. The fourth-order valence-corrected chi connectivity index (χ4v) is 2.41. The second kappa shape index (κ2) is 6.63. The van der Waals surface area contributed by atoms with Crippen molar-refractivity contribution in [3.63, 3.8) is 0 Å². The molecule has 1 aromatic rings. The van der Waals surface area contributed by atoms with Gasteiger partial charge < -0.3 is 10.1 Å². The van der Waals surface area contributed by atoms with Crippen LogP contribution in [-0.2, 0) is 27.5 Å². The van der Waals surface area contributed by atoms with Crippen molar-refractivity contribution in [2.45, 2.75) is 32.5 Å². The monoisotopic (exact) mass is 276 g/mol. The van der Waals surface area contributed by atoms with Gasteiger partial charge in [-0.3, -0.25) is 14.5 Å². The topological polar surface area (TPSA) is 58.6 Å². The van der Waals surface area contributed by atoms with Gasteiger partial charge in [0.2, 0.25) is 11.8 Å². The Morgan fingerprint density at radius 3 is 2.75 bits per heavy atom. The first-order valence-electron chi connectivity index (χ1n) is 6.80. The predicted octanol–water partition coefficient (Wildman–Crippen LogP) is 1.07. The fourth-order valence-electron chi connectivity index (χ4n) is 2.41. The molecule has 2 rings (SSSR count). The Balaban J connectivity index is 1.94. The van der Waals surface area contributed by atoms with Gasteiger partial charge in [0.05, 0.1) is 19.1 Å².